The van der Waals surface area contributed by atoms with Gasteiger partial charge in [0.2, 0.25) is 10.0 Å². The fraction of sp³-hybridized carbons (Fsp3) is 0.415. The number of ether oxygens (including phenoxy) is 3. The maximum Gasteiger partial charge on any atom is 0.261 e. The van der Waals surface area contributed by atoms with E-state index >= 15 is 4.39 Å². The van der Waals surface area contributed by atoms with Crippen molar-refractivity contribution in [2.45, 2.75) is 61.8 Å². The van der Waals surface area contributed by atoms with Gasteiger partial charge in [-0.15, -0.1) is 0 Å². The van der Waals surface area contributed by atoms with Crippen molar-refractivity contribution in [3.05, 3.63) is 119 Å². The smallest absolute Gasteiger partial charge is 0.261 e. The third kappa shape index (κ3) is 9.09. The van der Waals surface area contributed by atoms with Crippen LogP contribution in [0.5, 0.6) is 5.75 Å². The molecule has 0 saturated carbocycles. The van der Waals surface area contributed by atoms with Gasteiger partial charge in [-0.2, -0.15) is 0 Å². The number of hydrogen-bond donors (Lipinski definition) is 2. The van der Waals surface area contributed by atoms with Crippen LogP contribution in [0.15, 0.2) is 102 Å². The highest BCUT2D eigenvalue weighted by Crippen LogP contribution is 2.43. The second-order valence-electron chi connectivity index (χ2n) is 14.8. The quantitative estimate of drug-likeness (QED) is 0.107. The third-order valence-electron chi connectivity index (χ3n) is 10.2. The van der Waals surface area contributed by atoms with Crippen LogP contribution < -0.4 is 25.6 Å². The lowest BCUT2D eigenvalue weighted by Crippen LogP contribution is -2.67. The van der Waals surface area contributed by atoms with E-state index in [1.54, 1.807) is 18.2 Å². The van der Waals surface area contributed by atoms with Crippen molar-refractivity contribution in [3.8, 4) is 5.75 Å². The summed E-state index contributed by atoms with van der Waals surface area (Å²) in [5.41, 5.74) is 6.68. The van der Waals surface area contributed by atoms with E-state index in [0.29, 0.717) is 61.2 Å². The highest BCUT2D eigenvalue weighted by Gasteiger charge is 2.53. The summed E-state index contributed by atoms with van der Waals surface area (Å²) in [4.78, 5) is 2.46. The average molecular weight is 796 g/mol. The van der Waals surface area contributed by atoms with Gasteiger partial charge < -0.3 is 24.4 Å². The number of sulfonamides is 1. The molecule has 9 nitrogen and oxygen atoms in total. The summed E-state index contributed by atoms with van der Waals surface area (Å²) in [5, 5.41) is 2.59. The Balaban J connectivity index is 1.18. The molecule has 3 atom stereocenters. The van der Waals surface area contributed by atoms with Crippen molar-refractivity contribution >= 4 is 40.3 Å². The Labute approximate surface area is 325 Å². The van der Waals surface area contributed by atoms with Crippen molar-refractivity contribution in [3.63, 3.8) is 0 Å². The molecule has 0 spiro atoms. The zero-order valence-electron chi connectivity index (χ0n) is 31.2. The fourth-order valence-corrected chi connectivity index (χ4v) is 13.7. The Hall–Kier alpha value is -3.17. The number of nitrogens with one attached hydrogen (secondary N) is 1. The second kappa shape index (κ2) is 17.7. The van der Waals surface area contributed by atoms with Gasteiger partial charge in [-0.3, -0.25) is 4.90 Å². The molecule has 0 bridgehead atoms. The van der Waals surface area contributed by atoms with Crippen molar-refractivity contribution in [1.82, 2.24) is 9.62 Å². The predicted molar refractivity (Wildman–Crippen MR) is 213 cm³/mol. The van der Waals surface area contributed by atoms with E-state index in [1.165, 1.54) is 28.6 Å². The van der Waals surface area contributed by atoms with Crippen molar-refractivity contribution in [1.29, 1.82) is 0 Å². The lowest BCUT2D eigenvalue weighted by Gasteiger charge is -2.44. The van der Waals surface area contributed by atoms with Gasteiger partial charge in [0.05, 0.1) is 43.5 Å². The summed E-state index contributed by atoms with van der Waals surface area (Å²) in [6.07, 6.45) is 0.680. The van der Waals surface area contributed by atoms with Crippen LogP contribution in [0.3, 0.4) is 0 Å². The first-order valence-corrected chi connectivity index (χ1v) is 22.3. The second-order valence-corrected chi connectivity index (χ2v) is 21.3. The highest BCUT2D eigenvalue weighted by molar-refractivity contribution is 7.89. The molecular weight excluding hydrogens is 745 g/mol. The summed E-state index contributed by atoms with van der Waals surface area (Å²) < 4.78 is 68.8. The van der Waals surface area contributed by atoms with Gasteiger partial charge in [-0.1, -0.05) is 93.0 Å². The number of likely N-dealkylation sites (tertiary alicyclic amines) is 1. The summed E-state index contributed by atoms with van der Waals surface area (Å²) in [7, 11) is -6.57. The summed E-state index contributed by atoms with van der Waals surface area (Å²) >= 11 is 6.40. The maximum absolute atomic E-state index is 15.5. The van der Waals surface area contributed by atoms with Gasteiger partial charge in [-0.25, -0.2) is 17.5 Å². The van der Waals surface area contributed by atoms with E-state index in [2.05, 4.69) is 78.9 Å². The van der Waals surface area contributed by atoms with Gasteiger partial charge in [-0.05, 0) is 70.2 Å². The summed E-state index contributed by atoms with van der Waals surface area (Å²) in [5.74, 6) is 0.116. The molecule has 1 aliphatic heterocycles. The molecule has 54 heavy (non-hydrogen) atoms. The lowest BCUT2D eigenvalue weighted by atomic mass is 10.1. The van der Waals surface area contributed by atoms with Crippen LogP contribution >= 0.6 is 11.6 Å². The van der Waals surface area contributed by atoms with E-state index in [4.69, 9.17) is 36.0 Å². The minimum absolute atomic E-state index is 0.0546. The molecule has 1 unspecified atom stereocenters. The fourth-order valence-electron chi connectivity index (χ4n) is 7.75. The Kier molecular flexibility index (Phi) is 13.3. The summed E-state index contributed by atoms with van der Waals surface area (Å²) in [6.45, 7) is 10.2. The van der Waals surface area contributed by atoms with Crippen molar-refractivity contribution in [2.75, 3.05) is 52.6 Å². The number of nitrogens with two attached hydrogens (primary N) is 1. The molecule has 0 amide bonds. The zero-order valence-corrected chi connectivity index (χ0v) is 33.8. The van der Waals surface area contributed by atoms with Crippen LogP contribution in [0.25, 0.3) is 0 Å². The standard InChI is InChI=1S/C41H51ClFN3O6SSi/c1-41(2,3)54(34-10-6-4-7-11-34,35-12-8-5-9-13-35)52-32-18-21-46(29-32)39-28-36-37(26-30(42)27-38(36)43)40(39)51-31-14-16-33(17-15-31)53(47,48)45-20-23-50-25-24-49-22-19-44/h4-17,26-27,32,39-40,45H,18-25,28-29,44H2,1-3H3/t32?,39-,40-/m0/s1. The zero-order chi connectivity index (χ0) is 38.3. The van der Waals surface area contributed by atoms with Crippen LogP contribution in [0.2, 0.25) is 10.1 Å². The van der Waals surface area contributed by atoms with Crippen LogP contribution in [-0.4, -0.2) is 86.4 Å². The molecule has 290 valence electrons. The van der Waals surface area contributed by atoms with E-state index < -0.39 is 24.4 Å². The molecular formula is C41H51ClFN3O6SSi. The van der Waals surface area contributed by atoms with E-state index in [-0.39, 0.29) is 41.0 Å². The van der Waals surface area contributed by atoms with Crippen LogP contribution in [0, 0.1) is 5.82 Å². The number of benzene rings is 4. The van der Waals surface area contributed by atoms with Crippen LogP contribution in [0.1, 0.15) is 44.4 Å². The largest absolute Gasteiger partial charge is 0.484 e. The Morgan fingerprint density at radius 1 is 0.907 bits per heavy atom. The molecule has 1 fully saturated rings. The lowest BCUT2D eigenvalue weighted by molar-refractivity contribution is 0.0530. The summed E-state index contributed by atoms with van der Waals surface area (Å²) in [6, 6.07) is 30.5. The first kappa shape index (κ1) is 40.5. The number of hydrogen-bond acceptors (Lipinski definition) is 8. The Morgan fingerprint density at radius 2 is 1.54 bits per heavy atom. The van der Waals surface area contributed by atoms with Crippen molar-refractivity contribution < 1.29 is 31.4 Å². The Bertz CT molecular complexity index is 1900. The molecule has 3 N–H and O–H groups in total. The first-order chi connectivity index (χ1) is 25.9. The third-order valence-corrected chi connectivity index (χ3v) is 17.0. The van der Waals surface area contributed by atoms with Gasteiger partial charge in [0, 0.05) is 36.8 Å². The monoisotopic (exact) mass is 795 g/mol. The minimum atomic E-state index is -3.78. The predicted octanol–water partition coefficient (Wildman–Crippen LogP) is 5.45. The molecule has 0 aromatic heterocycles. The normalized spacial score (nSPS) is 19.3. The first-order valence-electron chi connectivity index (χ1n) is 18.6. The molecule has 1 heterocycles. The molecule has 4 aromatic rings. The van der Waals surface area contributed by atoms with Gasteiger partial charge in [0.25, 0.3) is 8.32 Å². The van der Waals surface area contributed by atoms with Gasteiger partial charge >= 0.3 is 0 Å². The average Bonchev–Trinajstić information content (AvgIpc) is 3.77. The number of halogens is 2. The molecule has 0 radical (unpaired) electrons. The minimum Gasteiger partial charge on any atom is -0.484 e. The highest BCUT2D eigenvalue weighted by atomic mass is 35.5. The number of nitrogens with zero attached hydrogens (tertiary/aromatic N) is 1. The van der Waals surface area contributed by atoms with Crippen molar-refractivity contribution in [2.24, 2.45) is 5.73 Å². The SMILES string of the molecule is CC(C)(C)[Si](OC1CCN([C@H]2Cc3c(F)cc(Cl)cc3[C@@H]2Oc2ccc(S(=O)(=O)NCCOCCOCCN)cc2)C1)(c1ccccc1)c1ccccc1. The topological polar surface area (TPSA) is 112 Å². The number of fused-ring (bicyclic) bond motifs is 1. The maximum atomic E-state index is 15.5. The van der Waals surface area contributed by atoms with Gasteiger partial charge in [0.15, 0.2) is 0 Å². The molecule has 2 aliphatic rings. The van der Waals surface area contributed by atoms with E-state index in [9.17, 15) is 8.42 Å². The molecule has 6 rings (SSSR count). The molecule has 1 aliphatic carbocycles. The molecule has 13 heteroatoms. The van der Waals surface area contributed by atoms with E-state index in [1.807, 2.05) is 12.1 Å². The number of rotatable bonds is 17. The van der Waals surface area contributed by atoms with Crippen LogP contribution in [0.4, 0.5) is 4.39 Å². The molecule has 4 aromatic carbocycles. The van der Waals surface area contributed by atoms with Gasteiger partial charge in [0.1, 0.15) is 17.7 Å². The van der Waals surface area contributed by atoms with Crippen LogP contribution in [-0.2, 0) is 30.3 Å². The Morgan fingerprint density at radius 3 is 2.15 bits per heavy atom. The van der Waals surface area contributed by atoms with E-state index in [0.717, 1.165) is 13.0 Å². The molecule has 1 saturated heterocycles.